The van der Waals surface area contributed by atoms with Crippen molar-refractivity contribution in [3.05, 3.63) is 35.9 Å². The minimum absolute atomic E-state index is 0.0903. The number of nitrogens with one attached hydrogen (secondary N) is 2. The summed E-state index contributed by atoms with van der Waals surface area (Å²) in [6.07, 6.45) is 2.70. The zero-order chi connectivity index (χ0) is 20.1. The number of rotatable bonds is 7. The van der Waals surface area contributed by atoms with Crippen LogP contribution in [0.1, 0.15) is 45.1 Å². The van der Waals surface area contributed by atoms with Gasteiger partial charge in [-0.05, 0) is 45.1 Å². The number of benzene rings is 1. The molecule has 2 atom stereocenters. The predicted octanol–water partition coefficient (Wildman–Crippen LogP) is 2.00. The first-order valence-corrected chi connectivity index (χ1v) is 9.93. The normalized spacial score (nSPS) is 24.1. The molecule has 2 fully saturated rings. The van der Waals surface area contributed by atoms with Gasteiger partial charge in [0.05, 0.1) is 5.60 Å². The summed E-state index contributed by atoms with van der Waals surface area (Å²) in [7, 11) is 0. The average molecular weight is 387 g/mol. The minimum Gasteiger partial charge on any atom is -0.375 e. The van der Waals surface area contributed by atoms with E-state index in [4.69, 9.17) is 4.74 Å². The fraction of sp³-hybridized carbons (Fsp3) is 0.571. The third-order valence-corrected chi connectivity index (χ3v) is 5.30. The lowest BCUT2D eigenvalue weighted by molar-refractivity contribution is -0.128. The minimum atomic E-state index is -0.625. The van der Waals surface area contributed by atoms with Crippen LogP contribution in [0.3, 0.4) is 0 Å². The van der Waals surface area contributed by atoms with E-state index in [2.05, 4.69) is 10.6 Å². The Morgan fingerprint density at radius 2 is 2.04 bits per heavy atom. The summed E-state index contributed by atoms with van der Waals surface area (Å²) < 4.78 is 5.66. The molecule has 2 aliphatic rings. The first-order valence-electron chi connectivity index (χ1n) is 9.93. The molecule has 2 aliphatic heterocycles. The van der Waals surface area contributed by atoms with Crippen LogP contribution in [0.15, 0.2) is 30.3 Å². The lowest BCUT2D eigenvalue weighted by Crippen LogP contribution is -2.46. The van der Waals surface area contributed by atoms with Gasteiger partial charge in [-0.3, -0.25) is 14.5 Å². The van der Waals surface area contributed by atoms with Crippen LogP contribution in [-0.4, -0.2) is 53.6 Å². The van der Waals surface area contributed by atoms with E-state index in [1.54, 1.807) is 0 Å². The molecule has 0 aliphatic carbocycles. The van der Waals surface area contributed by atoms with Gasteiger partial charge in [0.2, 0.25) is 5.91 Å². The fourth-order valence-corrected chi connectivity index (χ4v) is 3.80. The molecule has 0 saturated carbocycles. The first-order chi connectivity index (χ1) is 13.3. The van der Waals surface area contributed by atoms with Crippen LogP contribution in [0.25, 0.3) is 0 Å². The van der Waals surface area contributed by atoms with Crippen molar-refractivity contribution in [2.24, 2.45) is 0 Å². The predicted molar refractivity (Wildman–Crippen MR) is 105 cm³/mol. The van der Waals surface area contributed by atoms with Gasteiger partial charge in [0.1, 0.15) is 6.04 Å². The number of carbonyl (C=O) groups excluding carboxylic acids is 3. The molecule has 28 heavy (non-hydrogen) atoms. The SMILES string of the molecule is CC1(C)CC(NC(=O)CCC2NC(=O)N(CCc3ccccc3)C2=O)CCO1. The maximum Gasteiger partial charge on any atom is 0.324 e. The van der Waals surface area contributed by atoms with Crippen molar-refractivity contribution in [3.8, 4) is 0 Å². The van der Waals surface area contributed by atoms with Gasteiger partial charge in [-0.1, -0.05) is 30.3 Å². The second kappa shape index (κ2) is 8.73. The Hall–Kier alpha value is -2.41. The van der Waals surface area contributed by atoms with Crippen molar-refractivity contribution in [3.63, 3.8) is 0 Å². The van der Waals surface area contributed by atoms with Gasteiger partial charge < -0.3 is 15.4 Å². The molecule has 4 amide bonds. The lowest BCUT2D eigenvalue weighted by atomic mass is 9.94. The van der Waals surface area contributed by atoms with Crippen molar-refractivity contribution in [2.75, 3.05) is 13.2 Å². The zero-order valence-electron chi connectivity index (χ0n) is 16.6. The van der Waals surface area contributed by atoms with E-state index in [9.17, 15) is 14.4 Å². The highest BCUT2D eigenvalue weighted by Gasteiger charge is 2.37. The number of carbonyl (C=O) groups is 3. The molecule has 0 bridgehead atoms. The van der Waals surface area contributed by atoms with Gasteiger partial charge in [-0.15, -0.1) is 0 Å². The molecule has 2 heterocycles. The molecule has 7 heteroatoms. The Labute approximate surface area is 165 Å². The third-order valence-electron chi connectivity index (χ3n) is 5.30. The van der Waals surface area contributed by atoms with Gasteiger partial charge in [-0.25, -0.2) is 4.79 Å². The molecule has 0 spiro atoms. The number of nitrogens with zero attached hydrogens (tertiary/aromatic N) is 1. The number of amides is 4. The molecule has 0 radical (unpaired) electrons. The summed E-state index contributed by atoms with van der Waals surface area (Å²) in [5, 5.41) is 5.73. The average Bonchev–Trinajstić information content (AvgIpc) is 2.91. The summed E-state index contributed by atoms with van der Waals surface area (Å²) in [6.45, 7) is 5.00. The molecule has 0 aromatic heterocycles. The Bertz CT molecular complexity index is 720. The van der Waals surface area contributed by atoms with E-state index in [1.165, 1.54) is 4.90 Å². The smallest absolute Gasteiger partial charge is 0.324 e. The van der Waals surface area contributed by atoms with Crippen molar-refractivity contribution in [2.45, 2.75) is 63.6 Å². The van der Waals surface area contributed by atoms with Crippen LogP contribution >= 0.6 is 0 Å². The quantitative estimate of drug-likeness (QED) is 0.701. The summed E-state index contributed by atoms with van der Waals surface area (Å²) in [6, 6.07) is 8.82. The monoisotopic (exact) mass is 387 g/mol. The van der Waals surface area contributed by atoms with Crippen LogP contribution in [-0.2, 0) is 20.7 Å². The number of urea groups is 1. The van der Waals surface area contributed by atoms with Gasteiger partial charge in [0.25, 0.3) is 5.91 Å². The van der Waals surface area contributed by atoms with Crippen molar-refractivity contribution < 1.29 is 19.1 Å². The molecular weight excluding hydrogens is 358 g/mol. The van der Waals surface area contributed by atoms with E-state index < -0.39 is 6.04 Å². The van der Waals surface area contributed by atoms with Crippen molar-refractivity contribution in [1.82, 2.24) is 15.5 Å². The molecule has 1 aromatic carbocycles. The molecule has 3 rings (SSSR count). The molecule has 2 saturated heterocycles. The molecule has 152 valence electrons. The van der Waals surface area contributed by atoms with Crippen LogP contribution in [0, 0.1) is 0 Å². The van der Waals surface area contributed by atoms with Crippen LogP contribution in [0.4, 0.5) is 4.79 Å². The van der Waals surface area contributed by atoms with Crippen molar-refractivity contribution >= 4 is 17.8 Å². The summed E-state index contributed by atoms with van der Waals surface area (Å²) >= 11 is 0. The van der Waals surface area contributed by atoms with Gasteiger partial charge >= 0.3 is 6.03 Å². The fourth-order valence-electron chi connectivity index (χ4n) is 3.80. The largest absolute Gasteiger partial charge is 0.375 e. The summed E-state index contributed by atoms with van der Waals surface area (Å²) in [5.74, 6) is -0.339. The zero-order valence-corrected chi connectivity index (χ0v) is 16.6. The Morgan fingerprint density at radius 1 is 1.29 bits per heavy atom. The number of hydrogen-bond acceptors (Lipinski definition) is 4. The maximum absolute atomic E-state index is 12.5. The standard InChI is InChI=1S/C21H29N3O4/c1-21(2)14-16(11-13-28-21)22-18(25)9-8-17-19(26)24(20(27)23-17)12-10-15-6-4-3-5-7-15/h3-7,16-17H,8-14H2,1-2H3,(H,22,25)(H,23,27). The number of hydrogen-bond donors (Lipinski definition) is 2. The second-order valence-electron chi connectivity index (χ2n) is 8.13. The third kappa shape index (κ3) is 5.32. The highest BCUT2D eigenvalue weighted by atomic mass is 16.5. The van der Waals surface area contributed by atoms with E-state index in [0.29, 0.717) is 26.0 Å². The Morgan fingerprint density at radius 3 is 2.75 bits per heavy atom. The number of imide groups is 1. The van der Waals surface area contributed by atoms with E-state index in [-0.39, 0.29) is 35.9 Å². The topological polar surface area (TPSA) is 87.7 Å². The second-order valence-corrected chi connectivity index (χ2v) is 8.13. The maximum atomic E-state index is 12.5. The van der Waals surface area contributed by atoms with E-state index in [0.717, 1.165) is 18.4 Å². The lowest BCUT2D eigenvalue weighted by Gasteiger charge is -2.35. The van der Waals surface area contributed by atoms with Crippen LogP contribution in [0.2, 0.25) is 0 Å². The molecular formula is C21H29N3O4. The van der Waals surface area contributed by atoms with E-state index in [1.807, 2.05) is 44.2 Å². The van der Waals surface area contributed by atoms with Crippen molar-refractivity contribution in [1.29, 1.82) is 0 Å². The molecule has 2 N–H and O–H groups in total. The molecule has 1 aromatic rings. The molecule has 2 unspecified atom stereocenters. The molecule has 7 nitrogen and oxygen atoms in total. The van der Waals surface area contributed by atoms with Crippen LogP contribution < -0.4 is 10.6 Å². The number of ether oxygens (including phenoxy) is 1. The first kappa shape index (κ1) is 20.3. The van der Waals surface area contributed by atoms with Gasteiger partial charge in [-0.2, -0.15) is 0 Å². The van der Waals surface area contributed by atoms with Gasteiger partial charge in [0, 0.05) is 25.6 Å². The Balaban J connectivity index is 1.44. The summed E-state index contributed by atoms with van der Waals surface area (Å²) in [5.41, 5.74) is 0.843. The van der Waals surface area contributed by atoms with E-state index >= 15 is 0 Å². The Kier molecular flexibility index (Phi) is 6.34. The van der Waals surface area contributed by atoms with Gasteiger partial charge in [0.15, 0.2) is 0 Å². The highest BCUT2D eigenvalue weighted by molar-refractivity contribution is 6.04. The summed E-state index contributed by atoms with van der Waals surface area (Å²) in [4.78, 5) is 38.2. The van der Waals surface area contributed by atoms with Crippen LogP contribution in [0.5, 0.6) is 0 Å². The highest BCUT2D eigenvalue weighted by Crippen LogP contribution is 2.24.